The third-order valence-electron chi connectivity index (χ3n) is 3.01. The number of benzene rings is 1. The highest BCUT2D eigenvalue weighted by Gasteiger charge is 2.09. The van der Waals surface area contributed by atoms with Crippen LogP contribution in [0.5, 0.6) is 5.75 Å². The third-order valence-corrected chi connectivity index (χ3v) is 4.12. The van der Waals surface area contributed by atoms with Gasteiger partial charge in [-0.05, 0) is 31.0 Å². The normalized spacial score (nSPS) is 10.8. The first-order valence-electron chi connectivity index (χ1n) is 6.91. The van der Waals surface area contributed by atoms with Gasteiger partial charge in [0.1, 0.15) is 12.4 Å². The second-order valence-electron chi connectivity index (χ2n) is 4.77. The second-order valence-corrected chi connectivity index (χ2v) is 5.83. The van der Waals surface area contributed by atoms with E-state index in [0.29, 0.717) is 6.61 Å². The molecule has 0 radical (unpaired) electrons. The van der Waals surface area contributed by atoms with Crippen LogP contribution < -0.4 is 4.74 Å². The molecule has 4 nitrogen and oxygen atoms in total. The Labute approximate surface area is 124 Å². The zero-order valence-corrected chi connectivity index (χ0v) is 13.1. The van der Waals surface area contributed by atoms with Crippen LogP contribution in [0.4, 0.5) is 0 Å². The molecule has 1 aromatic carbocycles. The molecule has 0 fully saturated rings. The van der Waals surface area contributed by atoms with E-state index in [9.17, 15) is 0 Å². The molecule has 1 aromatic heterocycles. The molecule has 0 atom stereocenters. The summed E-state index contributed by atoms with van der Waals surface area (Å²) < 4.78 is 7.77. The monoisotopic (exact) mass is 291 g/mol. The molecule has 0 amide bonds. The van der Waals surface area contributed by atoms with Crippen molar-refractivity contribution in [2.24, 2.45) is 7.05 Å². The minimum Gasteiger partial charge on any atom is -0.486 e. The van der Waals surface area contributed by atoms with E-state index in [2.05, 4.69) is 30.1 Å². The lowest BCUT2D eigenvalue weighted by Crippen LogP contribution is -2.04. The van der Waals surface area contributed by atoms with Gasteiger partial charge < -0.3 is 9.30 Å². The Hall–Kier alpha value is -1.49. The number of unbranched alkanes of at least 4 members (excludes halogenated alkanes) is 1. The van der Waals surface area contributed by atoms with Crippen molar-refractivity contribution >= 4 is 11.8 Å². The highest BCUT2D eigenvalue weighted by Crippen LogP contribution is 2.18. The highest BCUT2D eigenvalue weighted by atomic mass is 32.2. The Balaban J connectivity index is 1.93. The maximum Gasteiger partial charge on any atom is 0.191 e. The molecule has 0 N–H and O–H groups in total. The first kappa shape index (κ1) is 14.9. The predicted molar refractivity (Wildman–Crippen MR) is 82.1 cm³/mol. The summed E-state index contributed by atoms with van der Waals surface area (Å²) in [6.45, 7) is 4.69. The fraction of sp³-hybridized carbons (Fsp3) is 0.467. The maximum atomic E-state index is 5.76. The van der Waals surface area contributed by atoms with E-state index in [-0.39, 0.29) is 0 Å². The first-order chi connectivity index (χ1) is 9.70. The van der Waals surface area contributed by atoms with E-state index in [1.165, 1.54) is 18.4 Å². The molecule has 0 aliphatic rings. The number of thioether (sulfide) groups is 1. The molecular formula is C15H21N3OS. The second kappa shape index (κ2) is 7.33. The molecule has 0 aliphatic heterocycles. The van der Waals surface area contributed by atoms with Gasteiger partial charge in [-0.25, -0.2) is 0 Å². The standard InChI is InChI=1S/C15H21N3OS/c1-4-5-9-20-15-17-16-14(18(15)3)11-19-13-8-6-7-12(2)10-13/h6-8,10H,4-5,9,11H2,1-3H3. The van der Waals surface area contributed by atoms with Crippen molar-refractivity contribution in [2.45, 2.75) is 38.5 Å². The molecule has 0 saturated carbocycles. The van der Waals surface area contributed by atoms with E-state index in [0.717, 1.165) is 22.5 Å². The topological polar surface area (TPSA) is 39.9 Å². The lowest BCUT2D eigenvalue weighted by atomic mass is 10.2. The first-order valence-corrected chi connectivity index (χ1v) is 7.89. The molecule has 0 saturated heterocycles. The number of nitrogens with zero attached hydrogens (tertiary/aromatic N) is 3. The highest BCUT2D eigenvalue weighted by molar-refractivity contribution is 7.99. The molecule has 0 aliphatic carbocycles. The molecule has 2 aromatic rings. The van der Waals surface area contributed by atoms with Gasteiger partial charge in [-0.2, -0.15) is 0 Å². The van der Waals surface area contributed by atoms with E-state index in [4.69, 9.17) is 4.74 Å². The van der Waals surface area contributed by atoms with E-state index in [1.807, 2.05) is 29.8 Å². The van der Waals surface area contributed by atoms with Crippen LogP contribution in [0.1, 0.15) is 31.2 Å². The van der Waals surface area contributed by atoms with Crippen LogP contribution in [0.25, 0.3) is 0 Å². The Bertz CT molecular complexity index is 554. The van der Waals surface area contributed by atoms with Crippen LogP contribution in [-0.4, -0.2) is 20.5 Å². The fourth-order valence-electron chi connectivity index (χ4n) is 1.76. The van der Waals surface area contributed by atoms with Crippen molar-refractivity contribution in [1.29, 1.82) is 0 Å². The molecule has 20 heavy (non-hydrogen) atoms. The number of hydrogen-bond acceptors (Lipinski definition) is 4. The molecule has 108 valence electrons. The van der Waals surface area contributed by atoms with Crippen LogP contribution in [0.15, 0.2) is 29.4 Å². The van der Waals surface area contributed by atoms with Crippen molar-refractivity contribution in [3.63, 3.8) is 0 Å². The summed E-state index contributed by atoms with van der Waals surface area (Å²) in [6, 6.07) is 8.03. The largest absolute Gasteiger partial charge is 0.486 e. The smallest absolute Gasteiger partial charge is 0.191 e. The van der Waals surface area contributed by atoms with Crippen molar-refractivity contribution in [3.8, 4) is 5.75 Å². The van der Waals surface area contributed by atoms with E-state index < -0.39 is 0 Å². The van der Waals surface area contributed by atoms with Gasteiger partial charge in [-0.15, -0.1) is 10.2 Å². The number of aromatic nitrogens is 3. The van der Waals surface area contributed by atoms with Crippen molar-refractivity contribution in [2.75, 3.05) is 5.75 Å². The lowest BCUT2D eigenvalue weighted by Gasteiger charge is -2.07. The van der Waals surface area contributed by atoms with Crippen LogP contribution in [0.3, 0.4) is 0 Å². The summed E-state index contributed by atoms with van der Waals surface area (Å²) >= 11 is 1.75. The molecule has 0 bridgehead atoms. The molecule has 2 rings (SSSR count). The van der Waals surface area contributed by atoms with Crippen molar-refractivity contribution in [3.05, 3.63) is 35.7 Å². The van der Waals surface area contributed by atoms with Crippen molar-refractivity contribution in [1.82, 2.24) is 14.8 Å². The molecule has 0 unspecified atom stereocenters. The van der Waals surface area contributed by atoms with Gasteiger partial charge in [-0.1, -0.05) is 37.2 Å². The molecule has 0 spiro atoms. The predicted octanol–water partition coefficient (Wildman–Crippen LogP) is 3.59. The van der Waals surface area contributed by atoms with E-state index in [1.54, 1.807) is 11.8 Å². The van der Waals surface area contributed by atoms with Gasteiger partial charge in [-0.3, -0.25) is 0 Å². The van der Waals surface area contributed by atoms with Crippen molar-refractivity contribution < 1.29 is 4.74 Å². The Kier molecular flexibility index (Phi) is 5.47. The van der Waals surface area contributed by atoms with Crippen LogP contribution in [0, 0.1) is 6.92 Å². The number of hydrogen-bond donors (Lipinski definition) is 0. The Morgan fingerprint density at radius 2 is 2.15 bits per heavy atom. The van der Waals surface area contributed by atoms with Gasteiger partial charge >= 0.3 is 0 Å². The number of rotatable bonds is 7. The number of ether oxygens (including phenoxy) is 1. The lowest BCUT2D eigenvalue weighted by molar-refractivity contribution is 0.290. The Morgan fingerprint density at radius 3 is 2.90 bits per heavy atom. The molecule has 1 heterocycles. The van der Waals surface area contributed by atoms with Gasteiger partial charge in [0, 0.05) is 12.8 Å². The zero-order chi connectivity index (χ0) is 14.4. The van der Waals surface area contributed by atoms with Gasteiger partial charge in [0.05, 0.1) is 0 Å². The van der Waals surface area contributed by atoms with Gasteiger partial charge in [0.15, 0.2) is 11.0 Å². The average molecular weight is 291 g/mol. The summed E-state index contributed by atoms with van der Waals surface area (Å²) in [4.78, 5) is 0. The van der Waals surface area contributed by atoms with E-state index >= 15 is 0 Å². The Morgan fingerprint density at radius 1 is 1.30 bits per heavy atom. The fourth-order valence-corrected chi connectivity index (χ4v) is 2.77. The average Bonchev–Trinajstić information content (AvgIpc) is 2.78. The van der Waals surface area contributed by atoms with Crippen LogP contribution in [-0.2, 0) is 13.7 Å². The summed E-state index contributed by atoms with van der Waals surface area (Å²) in [6.07, 6.45) is 2.40. The third kappa shape index (κ3) is 4.00. The minimum absolute atomic E-state index is 0.446. The maximum absolute atomic E-state index is 5.76. The summed E-state index contributed by atoms with van der Waals surface area (Å²) in [5, 5.41) is 9.37. The van der Waals surface area contributed by atoms with Gasteiger partial charge in [0.2, 0.25) is 0 Å². The molecule has 5 heteroatoms. The van der Waals surface area contributed by atoms with Crippen LogP contribution >= 0.6 is 11.8 Å². The summed E-state index contributed by atoms with van der Waals surface area (Å²) in [5.41, 5.74) is 1.19. The minimum atomic E-state index is 0.446. The number of aryl methyl sites for hydroxylation is 1. The summed E-state index contributed by atoms with van der Waals surface area (Å²) in [5.74, 6) is 2.81. The van der Waals surface area contributed by atoms with Gasteiger partial charge in [0.25, 0.3) is 0 Å². The SMILES string of the molecule is CCCCSc1nnc(COc2cccc(C)c2)n1C. The quantitative estimate of drug-likeness (QED) is 0.577. The van der Waals surface area contributed by atoms with Crippen LogP contribution in [0.2, 0.25) is 0 Å². The summed E-state index contributed by atoms with van der Waals surface area (Å²) in [7, 11) is 1.99. The molecular weight excluding hydrogens is 270 g/mol. The zero-order valence-electron chi connectivity index (χ0n) is 12.3.